The average molecular weight is 267 g/mol. The zero-order chi connectivity index (χ0) is 13.7. The van der Waals surface area contributed by atoms with E-state index >= 15 is 0 Å². The van der Waals surface area contributed by atoms with Crippen LogP contribution in [0.3, 0.4) is 0 Å². The summed E-state index contributed by atoms with van der Waals surface area (Å²) in [6.07, 6.45) is 1.46. The Morgan fingerprint density at radius 1 is 1.26 bits per heavy atom. The van der Waals surface area contributed by atoms with E-state index in [2.05, 4.69) is 4.90 Å². The molecule has 0 aliphatic carbocycles. The second-order valence-electron chi connectivity index (χ2n) is 4.77. The molecule has 5 nitrogen and oxygen atoms in total. The summed E-state index contributed by atoms with van der Waals surface area (Å²) < 4.78 is 10.6. The summed E-state index contributed by atoms with van der Waals surface area (Å²) in [5, 5.41) is 18.2. The Bertz CT molecular complexity index is 410. The van der Waals surface area contributed by atoms with Gasteiger partial charge >= 0.3 is 0 Å². The highest BCUT2D eigenvalue weighted by Crippen LogP contribution is 2.32. The SMILES string of the molecule is CN(CCc1ccc2c(c1)OCO2)C(CO)CCO. The zero-order valence-electron chi connectivity index (χ0n) is 11.2. The first-order valence-electron chi connectivity index (χ1n) is 6.55. The molecule has 1 aromatic rings. The molecule has 1 aliphatic rings. The molecule has 0 amide bonds. The van der Waals surface area contributed by atoms with Gasteiger partial charge in [-0.15, -0.1) is 0 Å². The van der Waals surface area contributed by atoms with E-state index in [9.17, 15) is 5.11 Å². The number of ether oxygens (including phenoxy) is 2. The van der Waals surface area contributed by atoms with E-state index in [1.165, 1.54) is 5.56 Å². The number of rotatable bonds is 7. The van der Waals surface area contributed by atoms with E-state index < -0.39 is 0 Å². The van der Waals surface area contributed by atoms with Gasteiger partial charge in [0.25, 0.3) is 0 Å². The Kier molecular flexibility index (Phi) is 5.01. The van der Waals surface area contributed by atoms with Crippen LogP contribution in [-0.4, -0.2) is 54.8 Å². The second kappa shape index (κ2) is 6.75. The van der Waals surface area contributed by atoms with Crippen molar-refractivity contribution in [2.24, 2.45) is 0 Å². The highest BCUT2D eigenvalue weighted by Gasteiger charge is 2.15. The van der Waals surface area contributed by atoms with E-state index in [1.54, 1.807) is 0 Å². The molecule has 0 bridgehead atoms. The summed E-state index contributed by atoms with van der Waals surface area (Å²) in [4.78, 5) is 2.07. The van der Waals surface area contributed by atoms with Gasteiger partial charge in [-0.2, -0.15) is 0 Å². The molecular formula is C14H21NO4. The number of aliphatic hydroxyl groups excluding tert-OH is 2. The number of benzene rings is 1. The van der Waals surface area contributed by atoms with Crippen LogP contribution in [0.15, 0.2) is 18.2 Å². The molecule has 0 radical (unpaired) electrons. The van der Waals surface area contributed by atoms with Crippen molar-refractivity contribution in [3.8, 4) is 11.5 Å². The van der Waals surface area contributed by atoms with Crippen molar-refractivity contribution in [3.63, 3.8) is 0 Å². The number of likely N-dealkylation sites (N-methyl/N-ethyl adjacent to an activating group) is 1. The van der Waals surface area contributed by atoms with Gasteiger partial charge in [-0.05, 0) is 37.6 Å². The predicted molar refractivity (Wildman–Crippen MR) is 71.5 cm³/mol. The fraction of sp³-hybridized carbons (Fsp3) is 0.571. The van der Waals surface area contributed by atoms with Crippen molar-refractivity contribution in [1.82, 2.24) is 4.90 Å². The van der Waals surface area contributed by atoms with Crippen LogP contribution < -0.4 is 9.47 Å². The van der Waals surface area contributed by atoms with Crippen LogP contribution in [0.4, 0.5) is 0 Å². The molecule has 2 rings (SSSR count). The lowest BCUT2D eigenvalue weighted by Gasteiger charge is -2.25. The molecule has 1 aliphatic heterocycles. The normalized spacial score (nSPS) is 14.9. The third-order valence-corrected chi connectivity index (χ3v) is 3.49. The van der Waals surface area contributed by atoms with E-state index in [1.807, 2.05) is 25.2 Å². The van der Waals surface area contributed by atoms with Crippen LogP contribution in [-0.2, 0) is 6.42 Å². The summed E-state index contributed by atoms with van der Waals surface area (Å²) >= 11 is 0. The number of nitrogens with zero attached hydrogens (tertiary/aromatic N) is 1. The lowest BCUT2D eigenvalue weighted by molar-refractivity contribution is 0.120. The Morgan fingerprint density at radius 2 is 2.05 bits per heavy atom. The minimum atomic E-state index is 0.0130. The van der Waals surface area contributed by atoms with Gasteiger partial charge in [0.05, 0.1) is 6.61 Å². The summed E-state index contributed by atoms with van der Waals surface area (Å²) in [5.41, 5.74) is 1.18. The van der Waals surface area contributed by atoms with Crippen LogP contribution in [0.2, 0.25) is 0 Å². The van der Waals surface area contributed by atoms with Gasteiger partial charge < -0.3 is 24.6 Å². The van der Waals surface area contributed by atoms with Crippen LogP contribution >= 0.6 is 0 Å². The molecule has 1 aromatic carbocycles. The highest BCUT2D eigenvalue weighted by atomic mass is 16.7. The largest absolute Gasteiger partial charge is 0.454 e. The van der Waals surface area contributed by atoms with Gasteiger partial charge in [0, 0.05) is 19.2 Å². The number of hydrogen-bond donors (Lipinski definition) is 2. The van der Waals surface area contributed by atoms with Gasteiger partial charge in [0.2, 0.25) is 6.79 Å². The van der Waals surface area contributed by atoms with E-state index in [4.69, 9.17) is 14.6 Å². The van der Waals surface area contributed by atoms with Gasteiger partial charge in [0.15, 0.2) is 11.5 Å². The molecule has 1 atom stereocenters. The first kappa shape index (κ1) is 14.1. The second-order valence-corrected chi connectivity index (χ2v) is 4.77. The van der Waals surface area contributed by atoms with E-state index in [0.29, 0.717) is 13.2 Å². The standard InChI is InChI=1S/C14H21NO4/c1-15(12(9-17)5-7-16)6-4-11-2-3-13-14(8-11)19-10-18-13/h2-3,8,12,16-17H,4-7,9-10H2,1H3. The molecule has 19 heavy (non-hydrogen) atoms. The highest BCUT2D eigenvalue weighted by molar-refractivity contribution is 5.44. The van der Waals surface area contributed by atoms with Crippen molar-refractivity contribution in [3.05, 3.63) is 23.8 Å². The molecule has 1 heterocycles. The maximum atomic E-state index is 9.26. The van der Waals surface area contributed by atoms with E-state index in [-0.39, 0.29) is 19.3 Å². The molecule has 5 heteroatoms. The van der Waals surface area contributed by atoms with Crippen LogP contribution in [0.25, 0.3) is 0 Å². The summed E-state index contributed by atoms with van der Waals surface area (Å²) in [7, 11) is 1.96. The minimum absolute atomic E-state index is 0.0130. The minimum Gasteiger partial charge on any atom is -0.454 e. The molecule has 106 valence electrons. The Labute approximate surface area is 113 Å². The predicted octanol–water partition coefficient (Wildman–Crippen LogP) is 0.633. The van der Waals surface area contributed by atoms with Crippen molar-refractivity contribution < 1.29 is 19.7 Å². The topological polar surface area (TPSA) is 62.2 Å². The van der Waals surface area contributed by atoms with Gasteiger partial charge in [0.1, 0.15) is 0 Å². The summed E-state index contributed by atoms with van der Waals surface area (Å²) in [6.45, 7) is 1.28. The monoisotopic (exact) mass is 267 g/mol. The first-order valence-corrected chi connectivity index (χ1v) is 6.55. The molecule has 0 saturated heterocycles. The maximum Gasteiger partial charge on any atom is 0.231 e. The number of hydrogen-bond acceptors (Lipinski definition) is 5. The Morgan fingerprint density at radius 3 is 2.79 bits per heavy atom. The Hall–Kier alpha value is -1.30. The molecular weight excluding hydrogens is 246 g/mol. The molecule has 0 saturated carbocycles. The van der Waals surface area contributed by atoms with Gasteiger partial charge in [-0.1, -0.05) is 6.07 Å². The third kappa shape index (κ3) is 3.59. The lowest BCUT2D eigenvalue weighted by Crippen LogP contribution is -2.36. The van der Waals surface area contributed by atoms with Crippen molar-refractivity contribution in [1.29, 1.82) is 0 Å². The molecule has 0 spiro atoms. The summed E-state index contributed by atoms with van der Waals surface area (Å²) in [6, 6.07) is 5.96. The van der Waals surface area contributed by atoms with Crippen molar-refractivity contribution >= 4 is 0 Å². The zero-order valence-corrected chi connectivity index (χ0v) is 11.2. The number of fused-ring (bicyclic) bond motifs is 1. The lowest BCUT2D eigenvalue weighted by atomic mass is 10.1. The Balaban J connectivity index is 1.87. The van der Waals surface area contributed by atoms with Gasteiger partial charge in [-0.3, -0.25) is 0 Å². The molecule has 2 N–H and O–H groups in total. The first-order chi connectivity index (χ1) is 9.24. The van der Waals surface area contributed by atoms with Crippen molar-refractivity contribution in [2.75, 3.05) is 33.6 Å². The number of aliphatic hydroxyl groups is 2. The summed E-state index contributed by atoms with van der Waals surface area (Å²) in [5.74, 6) is 1.60. The fourth-order valence-electron chi connectivity index (χ4n) is 2.18. The maximum absolute atomic E-state index is 9.26. The van der Waals surface area contributed by atoms with Crippen LogP contribution in [0.5, 0.6) is 11.5 Å². The van der Waals surface area contributed by atoms with Gasteiger partial charge in [-0.25, -0.2) is 0 Å². The fourth-order valence-corrected chi connectivity index (χ4v) is 2.18. The smallest absolute Gasteiger partial charge is 0.231 e. The average Bonchev–Trinajstić information content (AvgIpc) is 2.89. The third-order valence-electron chi connectivity index (χ3n) is 3.49. The van der Waals surface area contributed by atoms with Crippen molar-refractivity contribution in [2.45, 2.75) is 18.9 Å². The van der Waals surface area contributed by atoms with Crippen LogP contribution in [0, 0.1) is 0 Å². The molecule has 0 fully saturated rings. The van der Waals surface area contributed by atoms with Crippen LogP contribution in [0.1, 0.15) is 12.0 Å². The molecule has 1 unspecified atom stereocenters. The van der Waals surface area contributed by atoms with E-state index in [0.717, 1.165) is 24.5 Å². The quantitative estimate of drug-likeness (QED) is 0.759. The molecule has 0 aromatic heterocycles.